The molecule has 4 heteroatoms. The Morgan fingerprint density at radius 2 is 2.25 bits per heavy atom. The summed E-state index contributed by atoms with van der Waals surface area (Å²) in [7, 11) is 0. The average Bonchev–Trinajstić information content (AvgIpc) is 3.09. The molecule has 0 aliphatic heterocycles. The normalized spacial score (nSPS) is 14.9. The molecule has 0 radical (unpaired) electrons. The fourth-order valence-electron chi connectivity index (χ4n) is 1.76. The van der Waals surface area contributed by atoms with E-state index in [4.69, 9.17) is 5.73 Å². The van der Waals surface area contributed by atoms with Gasteiger partial charge in [0.1, 0.15) is 0 Å². The van der Waals surface area contributed by atoms with Crippen LogP contribution in [0.15, 0.2) is 28.7 Å². The number of nitrogens with two attached hydrogens (primary N) is 1. The van der Waals surface area contributed by atoms with Gasteiger partial charge in [-0.1, -0.05) is 28.1 Å². The van der Waals surface area contributed by atoms with Crippen molar-refractivity contribution in [2.75, 3.05) is 6.54 Å². The molecule has 2 rings (SSSR count). The van der Waals surface area contributed by atoms with Gasteiger partial charge >= 0.3 is 0 Å². The van der Waals surface area contributed by atoms with E-state index in [1.807, 2.05) is 29.2 Å². The molecule has 1 aromatic rings. The second-order valence-electron chi connectivity index (χ2n) is 4.09. The first-order valence-electron chi connectivity index (χ1n) is 5.44. The van der Waals surface area contributed by atoms with E-state index in [1.54, 1.807) is 0 Å². The highest BCUT2D eigenvalue weighted by Gasteiger charge is 2.31. The number of hydrogen-bond acceptors (Lipinski definition) is 2. The molecule has 0 aromatic heterocycles. The molecule has 3 nitrogen and oxygen atoms in total. The zero-order valence-electron chi connectivity index (χ0n) is 9.03. The van der Waals surface area contributed by atoms with Crippen LogP contribution in [0, 0.1) is 0 Å². The van der Waals surface area contributed by atoms with Crippen molar-refractivity contribution >= 4 is 21.8 Å². The summed E-state index contributed by atoms with van der Waals surface area (Å²) in [5.41, 5.74) is 6.56. The van der Waals surface area contributed by atoms with Crippen molar-refractivity contribution in [3.05, 3.63) is 34.3 Å². The van der Waals surface area contributed by atoms with Crippen molar-refractivity contribution in [2.45, 2.75) is 25.4 Å². The molecular formula is C12H15BrN2O. The SMILES string of the molecule is NCC(=O)N(Cc1cccc(Br)c1)C1CC1. The minimum absolute atomic E-state index is 0.0440. The first-order chi connectivity index (χ1) is 7.70. The third kappa shape index (κ3) is 2.83. The van der Waals surface area contributed by atoms with Crippen LogP contribution in [-0.2, 0) is 11.3 Å². The zero-order valence-corrected chi connectivity index (χ0v) is 10.6. The Kier molecular flexibility index (Phi) is 3.61. The number of nitrogens with zero attached hydrogens (tertiary/aromatic N) is 1. The minimum atomic E-state index is 0.0440. The molecule has 1 saturated carbocycles. The van der Waals surface area contributed by atoms with Crippen LogP contribution in [0.25, 0.3) is 0 Å². The largest absolute Gasteiger partial charge is 0.334 e. The molecule has 0 saturated heterocycles. The lowest BCUT2D eigenvalue weighted by Gasteiger charge is -2.21. The van der Waals surface area contributed by atoms with Crippen molar-refractivity contribution < 1.29 is 4.79 Å². The number of halogens is 1. The molecule has 0 bridgehead atoms. The maximum atomic E-state index is 11.7. The molecule has 1 aliphatic carbocycles. The lowest BCUT2D eigenvalue weighted by molar-refractivity contribution is -0.130. The van der Waals surface area contributed by atoms with Gasteiger partial charge < -0.3 is 10.6 Å². The highest BCUT2D eigenvalue weighted by atomic mass is 79.9. The first kappa shape index (κ1) is 11.6. The maximum absolute atomic E-state index is 11.7. The molecule has 1 amide bonds. The van der Waals surface area contributed by atoms with Gasteiger partial charge in [0.25, 0.3) is 0 Å². The van der Waals surface area contributed by atoms with Crippen molar-refractivity contribution in [3.63, 3.8) is 0 Å². The van der Waals surface area contributed by atoms with E-state index >= 15 is 0 Å². The zero-order chi connectivity index (χ0) is 11.5. The Hall–Kier alpha value is -0.870. The summed E-state index contributed by atoms with van der Waals surface area (Å²) >= 11 is 3.43. The summed E-state index contributed by atoms with van der Waals surface area (Å²) < 4.78 is 1.04. The second-order valence-corrected chi connectivity index (χ2v) is 5.00. The monoisotopic (exact) mass is 282 g/mol. The van der Waals surface area contributed by atoms with Gasteiger partial charge in [0, 0.05) is 17.1 Å². The molecule has 0 spiro atoms. The Labute approximate surface area is 104 Å². The number of carbonyl (C=O) groups excluding carboxylic acids is 1. The summed E-state index contributed by atoms with van der Waals surface area (Å²) in [6.07, 6.45) is 2.22. The first-order valence-corrected chi connectivity index (χ1v) is 6.24. The molecule has 1 fully saturated rings. The number of hydrogen-bond donors (Lipinski definition) is 1. The molecule has 1 aliphatic rings. The standard InChI is InChI=1S/C12H15BrN2O/c13-10-3-1-2-9(6-10)8-15(11-4-5-11)12(16)7-14/h1-3,6,11H,4-5,7-8,14H2. The van der Waals surface area contributed by atoms with Crippen molar-refractivity contribution in [3.8, 4) is 0 Å². The predicted molar refractivity (Wildman–Crippen MR) is 66.8 cm³/mol. The van der Waals surface area contributed by atoms with Gasteiger partial charge in [0.2, 0.25) is 5.91 Å². The number of benzene rings is 1. The predicted octanol–water partition coefficient (Wildman–Crippen LogP) is 1.90. The van der Waals surface area contributed by atoms with E-state index in [-0.39, 0.29) is 12.5 Å². The third-order valence-electron chi connectivity index (χ3n) is 2.72. The van der Waals surface area contributed by atoms with Crippen molar-refractivity contribution in [1.82, 2.24) is 4.90 Å². The topological polar surface area (TPSA) is 46.3 Å². The molecule has 0 heterocycles. The molecule has 2 N–H and O–H groups in total. The summed E-state index contributed by atoms with van der Waals surface area (Å²) in [5, 5.41) is 0. The Morgan fingerprint density at radius 1 is 1.50 bits per heavy atom. The quantitative estimate of drug-likeness (QED) is 0.917. The number of amides is 1. The van der Waals surface area contributed by atoms with Gasteiger partial charge in [-0.2, -0.15) is 0 Å². The van der Waals surface area contributed by atoms with Gasteiger partial charge in [-0.15, -0.1) is 0 Å². The van der Waals surface area contributed by atoms with E-state index in [2.05, 4.69) is 15.9 Å². The van der Waals surface area contributed by atoms with Gasteiger partial charge in [-0.3, -0.25) is 4.79 Å². The number of rotatable bonds is 4. The van der Waals surface area contributed by atoms with Crippen LogP contribution in [0.4, 0.5) is 0 Å². The van der Waals surface area contributed by atoms with Crippen molar-refractivity contribution in [1.29, 1.82) is 0 Å². The fourth-order valence-corrected chi connectivity index (χ4v) is 2.20. The molecular weight excluding hydrogens is 268 g/mol. The summed E-state index contributed by atoms with van der Waals surface area (Å²) in [5.74, 6) is 0.0440. The van der Waals surface area contributed by atoms with E-state index < -0.39 is 0 Å². The van der Waals surface area contributed by atoms with Gasteiger partial charge in [0.05, 0.1) is 6.54 Å². The average molecular weight is 283 g/mol. The third-order valence-corrected chi connectivity index (χ3v) is 3.22. The minimum Gasteiger partial charge on any atom is -0.334 e. The second kappa shape index (κ2) is 4.97. The Balaban J connectivity index is 2.08. The van der Waals surface area contributed by atoms with Crippen LogP contribution in [0.5, 0.6) is 0 Å². The van der Waals surface area contributed by atoms with Crippen LogP contribution in [0.2, 0.25) is 0 Å². The lowest BCUT2D eigenvalue weighted by Crippen LogP contribution is -2.37. The van der Waals surface area contributed by atoms with Crippen LogP contribution in [0.3, 0.4) is 0 Å². The van der Waals surface area contributed by atoms with Crippen LogP contribution in [-0.4, -0.2) is 23.4 Å². The smallest absolute Gasteiger partial charge is 0.236 e. The lowest BCUT2D eigenvalue weighted by atomic mass is 10.2. The van der Waals surface area contributed by atoms with E-state index in [0.29, 0.717) is 12.6 Å². The highest BCUT2D eigenvalue weighted by molar-refractivity contribution is 9.10. The summed E-state index contributed by atoms with van der Waals surface area (Å²) in [6, 6.07) is 8.45. The van der Waals surface area contributed by atoms with Gasteiger partial charge in [-0.25, -0.2) is 0 Å². The summed E-state index contributed by atoms with van der Waals surface area (Å²) in [4.78, 5) is 13.6. The van der Waals surface area contributed by atoms with Gasteiger partial charge in [0.15, 0.2) is 0 Å². The van der Waals surface area contributed by atoms with Gasteiger partial charge in [-0.05, 0) is 30.5 Å². The van der Waals surface area contributed by atoms with E-state index in [1.165, 1.54) is 0 Å². The van der Waals surface area contributed by atoms with Crippen LogP contribution in [0.1, 0.15) is 18.4 Å². The molecule has 0 atom stereocenters. The summed E-state index contributed by atoms with van der Waals surface area (Å²) in [6.45, 7) is 0.768. The molecule has 86 valence electrons. The Bertz CT molecular complexity index is 390. The van der Waals surface area contributed by atoms with Crippen LogP contribution >= 0.6 is 15.9 Å². The Morgan fingerprint density at radius 3 is 2.81 bits per heavy atom. The highest BCUT2D eigenvalue weighted by Crippen LogP contribution is 2.28. The van der Waals surface area contributed by atoms with Crippen LogP contribution < -0.4 is 5.73 Å². The number of carbonyl (C=O) groups is 1. The molecule has 16 heavy (non-hydrogen) atoms. The molecule has 1 aromatic carbocycles. The van der Waals surface area contributed by atoms with Crippen molar-refractivity contribution in [2.24, 2.45) is 5.73 Å². The fraction of sp³-hybridized carbons (Fsp3) is 0.417. The maximum Gasteiger partial charge on any atom is 0.236 e. The van der Waals surface area contributed by atoms with E-state index in [9.17, 15) is 4.79 Å². The molecule has 0 unspecified atom stereocenters. The van der Waals surface area contributed by atoms with E-state index in [0.717, 1.165) is 22.9 Å².